The molecule has 0 N–H and O–H groups in total. The van der Waals surface area contributed by atoms with Crippen LogP contribution in [0.25, 0.3) is 44.5 Å². The monoisotopic (exact) mass is 762 g/mol. The second-order valence-electron chi connectivity index (χ2n) is 12.1. The fourth-order valence-electron chi connectivity index (χ4n) is 5.88. The van der Waals surface area contributed by atoms with Crippen LogP contribution in [-0.2, 0) is 20.1 Å². The molecule has 1 fully saturated rings. The summed E-state index contributed by atoms with van der Waals surface area (Å²) in [6.45, 7) is 5.01. The van der Waals surface area contributed by atoms with Crippen molar-refractivity contribution in [2.45, 2.75) is 64.5 Å². The Morgan fingerprint density at radius 3 is 2.23 bits per heavy atom. The van der Waals surface area contributed by atoms with E-state index in [1.807, 2.05) is 24.3 Å². The van der Waals surface area contributed by atoms with Crippen LogP contribution in [0.15, 0.2) is 95.7 Å². The number of hydrogen-bond acceptors (Lipinski definition) is 3. The van der Waals surface area contributed by atoms with E-state index in [2.05, 4.69) is 79.4 Å². The third-order valence-electron chi connectivity index (χ3n) is 8.13. The van der Waals surface area contributed by atoms with E-state index in [1.54, 1.807) is 18.2 Å². The minimum atomic E-state index is -2.09. The van der Waals surface area contributed by atoms with Crippen LogP contribution in [0.1, 0.15) is 53.3 Å². The number of para-hydroxylation sites is 1. The first kappa shape index (κ1) is 27.2. The number of benzene rings is 3. The average Bonchev–Trinajstić information content (AvgIpc) is 3.44. The molecule has 0 spiro atoms. The van der Waals surface area contributed by atoms with E-state index in [9.17, 15) is 0 Å². The maximum atomic E-state index is 7.23. The second kappa shape index (κ2) is 13.5. The molecule has 221 valence electrons. The molecule has 43 heavy (non-hydrogen) atoms. The van der Waals surface area contributed by atoms with Crippen molar-refractivity contribution >= 4 is 35.2 Å². The van der Waals surface area contributed by atoms with E-state index in [1.165, 1.54) is 54.4 Å². The van der Waals surface area contributed by atoms with Crippen LogP contribution in [0.2, 0.25) is 19.6 Å². The molecule has 1 aliphatic carbocycles. The van der Waals surface area contributed by atoms with Crippen LogP contribution in [0.3, 0.4) is 0 Å². The van der Waals surface area contributed by atoms with Crippen molar-refractivity contribution in [1.29, 1.82) is 0 Å². The van der Waals surface area contributed by atoms with Crippen LogP contribution >= 0.6 is 0 Å². The molecule has 0 saturated heterocycles. The van der Waals surface area contributed by atoms with Crippen LogP contribution in [-0.4, -0.2) is 18.0 Å². The number of rotatable bonds is 4. The summed E-state index contributed by atoms with van der Waals surface area (Å²) in [4.78, 5) is 8.96. The maximum absolute atomic E-state index is 7.23. The summed E-state index contributed by atoms with van der Waals surface area (Å²) in [6.07, 6.45) is 10.1. The first-order valence-corrected chi connectivity index (χ1v) is 18.4. The van der Waals surface area contributed by atoms with Crippen molar-refractivity contribution in [3.05, 3.63) is 115 Å². The quantitative estimate of drug-likeness (QED) is 0.133. The van der Waals surface area contributed by atoms with Gasteiger partial charge in [-0.2, -0.15) is 0 Å². The van der Waals surface area contributed by atoms with Gasteiger partial charge in [-0.3, -0.25) is 0 Å². The zero-order chi connectivity index (χ0) is 31.6. The molecule has 0 unspecified atom stereocenters. The van der Waals surface area contributed by atoms with Gasteiger partial charge in [0.05, 0.1) is 13.7 Å². The van der Waals surface area contributed by atoms with Gasteiger partial charge in [-0.1, -0.05) is 92.3 Å². The molecule has 0 atom stereocenters. The van der Waals surface area contributed by atoms with Crippen molar-refractivity contribution in [3.63, 3.8) is 0 Å². The molecular weight excluding hydrogens is 721 g/mol. The molecular formula is C38H38IrN2OSi-2. The Balaban J connectivity index is 0.000000209. The van der Waals surface area contributed by atoms with Gasteiger partial charge in [0.25, 0.3) is 0 Å². The minimum absolute atomic E-state index is 0. The van der Waals surface area contributed by atoms with Gasteiger partial charge < -0.3 is 14.4 Å². The number of fused-ring (bicyclic) bond motifs is 3. The molecule has 3 heterocycles. The first-order valence-electron chi connectivity index (χ1n) is 16.4. The van der Waals surface area contributed by atoms with Gasteiger partial charge in [-0.05, 0) is 53.3 Å². The topological polar surface area (TPSA) is 38.9 Å². The predicted octanol–water partition coefficient (Wildman–Crippen LogP) is 9.90. The second-order valence-corrected chi connectivity index (χ2v) is 17.2. The molecule has 3 aromatic carbocycles. The SMILES string of the molecule is C[Si](C)(C)c1cccc2c1oc1c(-c3ccc(C4CCCCC4)cn3)[c-]ccc12.[2H]C([2H])([2H])c1ccc(-c2[c-]cccc2)nc1.[Ir]. The van der Waals surface area contributed by atoms with Crippen molar-refractivity contribution in [2.75, 3.05) is 0 Å². The van der Waals surface area contributed by atoms with Crippen molar-refractivity contribution in [2.24, 2.45) is 0 Å². The summed E-state index contributed by atoms with van der Waals surface area (Å²) in [5, 5.41) is 3.73. The van der Waals surface area contributed by atoms with Crippen molar-refractivity contribution in [3.8, 4) is 22.5 Å². The third-order valence-corrected chi connectivity index (χ3v) is 10.1. The molecule has 3 aromatic heterocycles. The molecule has 1 radical (unpaired) electrons. The van der Waals surface area contributed by atoms with Gasteiger partial charge >= 0.3 is 0 Å². The average molecular weight is 762 g/mol. The van der Waals surface area contributed by atoms with E-state index < -0.39 is 14.9 Å². The Morgan fingerprint density at radius 1 is 0.767 bits per heavy atom. The zero-order valence-corrected chi connectivity index (χ0v) is 28.3. The summed E-state index contributed by atoms with van der Waals surface area (Å²) >= 11 is 0. The standard InChI is InChI=1S/C26H28NOSi.C12H10N.Ir/c1-29(2,3)24-14-8-12-21-20-11-7-13-22(25(20)28-26(21)24)23-16-15-19(17-27-23)18-9-5-4-6-10-18;1-10-7-8-12(13-9-10)11-5-3-2-4-6-11;/h7-8,11-12,14-18H,4-6,9-10H2,1-3H3;2-5,7-9H,1H3;/q2*-1;/i;1D3;. The van der Waals surface area contributed by atoms with Gasteiger partial charge in [0.1, 0.15) is 5.58 Å². The molecule has 0 amide bonds. The molecule has 0 bridgehead atoms. The number of aromatic nitrogens is 2. The Labute approximate surface area is 274 Å². The minimum Gasteiger partial charge on any atom is -0.501 e. The maximum Gasteiger partial charge on any atom is 0.120 e. The van der Waals surface area contributed by atoms with Crippen molar-refractivity contribution < 1.29 is 28.6 Å². The summed E-state index contributed by atoms with van der Waals surface area (Å²) < 4.78 is 28.2. The normalized spacial score (nSPS) is 15.1. The fraction of sp³-hybridized carbons (Fsp3) is 0.263. The molecule has 3 nitrogen and oxygen atoms in total. The molecule has 6 aromatic rings. The molecule has 7 rings (SSSR count). The number of nitrogens with zero attached hydrogens (tertiary/aromatic N) is 2. The Kier molecular flexibility index (Phi) is 8.54. The van der Waals surface area contributed by atoms with Crippen LogP contribution in [0.5, 0.6) is 0 Å². The number of furan rings is 1. The van der Waals surface area contributed by atoms with Crippen LogP contribution < -0.4 is 5.19 Å². The van der Waals surface area contributed by atoms with Gasteiger partial charge in [0.2, 0.25) is 0 Å². The Hall–Kier alpha value is -3.37. The van der Waals surface area contributed by atoms with Gasteiger partial charge in [0.15, 0.2) is 0 Å². The summed E-state index contributed by atoms with van der Waals surface area (Å²) in [5.74, 6) is 0.676. The van der Waals surface area contributed by atoms with Gasteiger partial charge in [-0.25, -0.2) is 0 Å². The fourth-order valence-corrected chi connectivity index (χ4v) is 7.34. The smallest absolute Gasteiger partial charge is 0.120 e. The van der Waals surface area contributed by atoms with Gasteiger partial charge in [0, 0.05) is 42.0 Å². The van der Waals surface area contributed by atoms with E-state index in [0.29, 0.717) is 5.92 Å². The van der Waals surface area contributed by atoms with Crippen LogP contribution in [0.4, 0.5) is 0 Å². The zero-order valence-electron chi connectivity index (χ0n) is 27.9. The van der Waals surface area contributed by atoms with Gasteiger partial charge in [-0.15, -0.1) is 54.1 Å². The van der Waals surface area contributed by atoms with E-state index in [0.717, 1.165) is 39.1 Å². The van der Waals surface area contributed by atoms with E-state index in [4.69, 9.17) is 13.5 Å². The third kappa shape index (κ3) is 6.91. The molecule has 0 aliphatic heterocycles. The summed E-state index contributed by atoms with van der Waals surface area (Å²) in [6, 6.07) is 32.3. The first-order chi connectivity index (χ1) is 21.6. The Bertz CT molecular complexity index is 1890. The molecule has 1 aliphatic rings. The molecule has 5 heteroatoms. The largest absolute Gasteiger partial charge is 0.501 e. The summed E-state index contributed by atoms with van der Waals surface area (Å²) in [5.41, 5.74) is 7.10. The Morgan fingerprint density at radius 2 is 1.56 bits per heavy atom. The van der Waals surface area contributed by atoms with Crippen molar-refractivity contribution in [1.82, 2.24) is 9.97 Å². The van der Waals surface area contributed by atoms with E-state index in [-0.39, 0.29) is 25.7 Å². The van der Waals surface area contributed by atoms with E-state index >= 15 is 0 Å². The number of hydrogen-bond donors (Lipinski definition) is 0. The summed E-state index contributed by atoms with van der Waals surface area (Å²) in [7, 11) is -1.50. The molecule has 1 saturated carbocycles. The van der Waals surface area contributed by atoms with Crippen LogP contribution in [0, 0.1) is 19.0 Å². The number of aryl methyl sites for hydroxylation is 1. The number of pyridine rings is 2. The predicted molar refractivity (Wildman–Crippen MR) is 178 cm³/mol.